The zero-order valence-corrected chi connectivity index (χ0v) is 36.4. The number of hydrogen-bond donors (Lipinski definition) is 0. The minimum atomic E-state index is -0.126. The first-order valence-electron chi connectivity index (χ1n) is 23.3. The number of hydrogen-bond acceptors (Lipinski definition) is 5. The van der Waals surface area contributed by atoms with E-state index >= 15 is 0 Å². The van der Waals surface area contributed by atoms with Crippen LogP contribution in [-0.4, -0.2) is 18.0 Å². The van der Waals surface area contributed by atoms with E-state index in [1.165, 1.54) is 38.3 Å². The molecule has 4 aliphatic heterocycles. The van der Waals surface area contributed by atoms with Gasteiger partial charge in [-0.2, -0.15) is 0 Å². The molecule has 10 aromatic carbocycles. The van der Waals surface area contributed by atoms with Crippen molar-refractivity contribution in [1.29, 1.82) is 0 Å². The third kappa shape index (κ3) is 4.78. The van der Waals surface area contributed by atoms with Crippen molar-refractivity contribution in [2.24, 2.45) is 0 Å². The van der Waals surface area contributed by atoms with Gasteiger partial charge in [-0.05, 0) is 99.5 Å². The van der Waals surface area contributed by atoms with Crippen molar-refractivity contribution >= 4 is 124 Å². The average Bonchev–Trinajstić information content (AvgIpc) is 3.95. The molecule has 8 heteroatoms. The summed E-state index contributed by atoms with van der Waals surface area (Å²) in [4.78, 5) is 4.60. The number of aromatic nitrogens is 1. The second-order valence-corrected chi connectivity index (χ2v) is 18.3. The topological polar surface area (TPSA) is 43.0 Å². The van der Waals surface area contributed by atoms with Crippen molar-refractivity contribution < 1.29 is 13.9 Å². The van der Waals surface area contributed by atoms with Crippen molar-refractivity contribution in [2.75, 3.05) is 9.80 Å². The molecule has 0 saturated carbocycles. The molecule has 0 spiro atoms. The average molecular weight is 868 g/mol. The number of ether oxygens (including phenoxy) is 2. The Morgan fingerprint density at radius 1 is 0.353 bits per heavy atom. The number of rotatable bonds is 6. The number of benzene rings is 10. The molecular formula is C60H35B2N3O3. The molecule has 4 aliphatic rings. The maximum atomic E-state index is 7.33. The fourth-order valence-electron chi connectivity index (χ4n) is 12.2. The monoisotopic (exact) mass is 867 g/mol. The van der Waals surface area contributed by atoms with E-state index in [4.69, 9.17) is 13.9 Å². The first kappa shape index (κ1) is 36.4. The first-order valence-corrected chi connectivity index (χ1v) is 23.3. The normalized spacial score (nSPS) is 13.2. The molecule has 0 N–H and O–H groups in total. The quantitative estimate of drug-likeness (QED) is 0.156. The van der Waals surface area contributed by atoms with Crippen LogP contribution < -0.4 is 52.1 Å². The lowest BCUT2D eigenvalue weighted by Gasteiger charge is -2.40. The second kappa shape index (κ2) is 13.4. The SMILES string of the molecule is c1ccc(N(c2ccccc2)c2ccc3c(c2)Oc2cc4c5c6c2B3c2cccc3c7c8oc9ccccc9c8cc(c7n-6c23)B5c2ccc(N(c3ccccc3)c3ccccc3)cc2O4)cc1. The minimum Gasteiger partial charge on any atom is -0.458 e. The van der Waals surface area contributed by atoms with Crippen molar-refractivity contribution in [3.63, 3.8) is 0 Å². The summed E-state index contributed by atoms with van der Waals surface area (Å²) in [5.41, 5.74) is 18.8. The first-order chi connectivity index (χ1) is 33.7. The Balaban J connectivity index is 0.979. The standard InChI is InChI=1S/C60H35B2N3O3/c1-5-16-36(17-6-1)63(37-18-7-2-8-19-37)40-28-30-45-50(32-40)66-52-35-53-56-59-55(52)61(45)47-26-15-25-43-54-58(65(59)57(43)47)48(34-44-42-24-13-14-27-49(42)68-60(44)54)62(56)46-31-29-41(33-51(46)67-53)64(38-20-9-3-10-21-38)39-22-11-4-12-23-39/h1-35H. The Morgan fingerprint density at radius 2 is 0.853 bits per heavy atom. The van der Waals surface area contributed by atoms with Gasteiger partial charge in [-0.15, -0.1) is 0 Å². The minimum absolute atomic E-state index is 0.0899. The van der Waals surface area contributed by atoms with Crippen LogP contribution in [0.1, 0.15) is 0 Å². The summed E-state index contributed by atoms with van der Waals surface area (Å²) >= 11 is 0. The Morgan fingerprint density at radius 3 is 1.41 bits per heavy atom. The highest BCUT2D eigenvalue weighted by Crippen LogP contribution is 2.47. The smallest absolute Gasteiger partial charge is 0.256 e. The van der Waals surface area contributed by atoms with Crippen molar-refractivity contribution in [2.45, 2.75) is 0 Å². The van der Waals surface area contributed by atoms with E-state index in [0.29, 0.717) is 0 Å². The zero-order valence-electron chi connectivity index (χ0n) is 36.4. The van der Waals surface area contributed by atoms with Crippen LogP contribution in [-0.2, 0) is 0 Å². The number of fused-ring (bicyclic) bond motifs is 11. The maximum absolute atomic E-state index is 7.33. The third-order valence-corrected chi connectivity index (χ3v) is 14.8. The van der Waals surface area contributed by atoms with Gasteiger partial charge in [-0.3, -0.25) is 0 Å². The van der Waals surface area contributed by atoms with E-state index in [1.807, 2.05) is 0 Å². The molecule has 0 amide bonds. The highest BCUT2D eigenvalue weighted by Gasteiger charge is 2.49. The number of para-hydroxylation sites is 6. The summed E-state index contributed by atoms with van der Waals surface area (Å²) in [6.45, 7) is -0.216. The van der Waals surface area contributed by atoms with Crippen LogP contribution in [0.5, 0.6) is 23.0 Å². The molecular weight excluding hydrogens is 832 g/mol. The van der Waals surface area contributed by atoms with Gasteiger partial charge in [0.25, 0.3) is 13.4 Å². The van der Waals surface area contributed by atoms with Crippen LogP contribution in [0.25, 0.3) is 49.4 Å². The largest absolute Gasteiger partial charge is 0.458 e. The number of anilines is 6. The van der Waals surface area contributed by atoms with E-state index in [1.54, 1.807) is 0 Å². The van der Waals surface area contributed by atoms with E-state index in [9.17, 15) is 0 Å². The van der Waals surface area contributed by atoms with Gasteiger partial charge < -0.3 is 28.3 Å². The van der Waals surface area contributed by atoms with Crippen LogP contribution in [0.4, 0.5) is 34.1 Å². The maximum Gasteiger partial charge on any atom is 0.256 e. The van der Waals surface area contributed by atoms with E-state index in [2.05, 4.69) is 227 Å². The fourth-order valence-corrected chi connectivity index (χ4v) is 12.2. The number of nitrogens with zero attached hydrogens (tertiary/aromatic N) is 3. The summed E-state index contributed by atoms with van der Waals surface area (Å²) in [5, 5.41) is 4.58. The van der Waals surface area contributed by atoms with Gasteiger partial charge in [0.15, 0.2) is 0 Å². The molecule has 0 bridgehead atoms. The van der Waals surface area contributed by atoms with E-state index in [-0.39, 0.29) is 13.4 Å². The predicted octanol–water partition coefficient (Wildman–Crippen LogP) is 11.5. The molecule has 6 nitrogen and oxygen atoms in total. The van der Waals surface area contributed by atoms with Gasteiger partial charge in [0.1, 0.15) is 34.2 Å². The van der Waals surface area contributed by atoms with Gasteiger partial charge in [-0.25, -0.2) is 0 Å². The van der Waals surface area contributed by atoms with Crippen LogP contribution in [0.2, 0.25) is 0 Å². The summed E-state index contributed by atoms with van der Waals surface area (Å²) in [6, 6.07) is 75.7. The lowest BCUT2D eigenvalue weighted by Crippen LogP contribution is -2.65. The second-order valence-electron chi connectivity index (χ2n) is 18.3. The van der Waals surface area contributed by atoms with Crippen molar-refractivity contribution in [1.82, 2.24) is 4.57 Å². The van der Waals surface area contributed by atoms with Gasteiger partial charge >= 0.3 is 0 Å². The molecule has 0 radical (unpaired) electrons. The summed E-state index contributed by atoms with van der Waals surface area (Å²) in [7, 11) is 0. The van der Waals surface area contributed by atoms with Crippen LogP contribution in [0.3, 0.4) is 0 Å². The lowest BCUT2D eigenvalue weighted by atomic mass is 9.30. The highest BCUT2D eigenvalue weighted by atomic mass is 16.5. The number of furan rings is 1. The lowest BCUT2D eigenvalue weighted by molar-refractivity contribution is 0.465. The Hall–Kier alpha value is -8.87. The van der Waals surface area contributed by atoms with Gasteiger partial charge in [0, 0.05) is 79.7 Å². The molecule has 0 atom stereocenters. The molecule has 0 aliphatic carbocycles. The van der Waals surface area contributed by atoms with Gasteiger partial charge in [0.2, 0.25) is 0 Å². The molecule has 12 aromatic rings. The molecule has 0 unspecified atom stereocenters. The molecule has 314 valence electrons. The van der Waals surface area contributed by atoms with Crippen LogP contribution >= 0.6 is 0 Å². The van der Waals surface area contributed by atoms with Gasteiger partial charge in [-0.1, -0.05) is 127 Å². The van der Waals surface area contributed by atoms with E-state index < -0.39 is 0 Å². The Bertz CT molecular complexity index is 4040. The van der Waals surface area contributed by atoms with Crippen LogP contribution in [0, 0.1) is 0 Å². The molecule has 16 rings (SSSR count). The van der Waals surface area contributed by atoms with E-state index in [0.717, 1.165) is 101 Å². The third-order valence-electron chi connectivity index (χ3n) is 14.8. The Kier molecular flexibility index (Phi) is 7.15. The van der Waals surface area contributed by atoms with Crippen molar-refractivity contribution in [3.8, 4) is 28.7 Å². The summed E-state index contributed by atoms with van der Waals surface area (Å²) < 4.78 is 24.1. The van der Waals surface area contributed by atoms with Crippen molar-refractivity contribution in [3.05, 3.63) is 212 Å². The molecule has 2 aromatic heterocycles. The van der Waals surface area contributed by atoms with Gasteiger partial charge in [0.05, 0.1) is 10.9 Å². The Labute approximate surface area is 391 Å². The molecule has 68 heavy (non-hydrogen) atoms. The summed E-state index contributed by atoms with van der Waals surface area (Å²) in [5.74, 6) is 3.28. The summed E-state index contributed by atoms with van der Waals surface area (Å²) in [6.07, 6.45) is 0. The predicted molar refractivity (Wildman–Crippen MR) is 280 cm³/mol. The molecule has 0 fully saturated rings. The van der Waals surface area contributed by atoms with Crippen LogP contribution in [0.15, 0.2) is 217 Å². The highest BCUT2D eigenvalue weighted by molar-refractivity contribution is 7.03. The molecule has 6 heterocycles. The fraction of sp³-hybridized carbons (Fsp3) is 0. The molecule has 0 saturated heterocycles. The zero-order chi connectivity index (χ0) is 44.2.